The molecule has 1 aromatic carbocycles. The number of oxime groups is 1. The number of nitrogens with zero attached hydrogens (tertiary/aromatic N) is 2. The summed E-state index contributed by atoms with van der Waals surface area (Å²) < 4.78 is 5.14. The van der Waals surface area contributed by atoms with E-state index in [-0.39, 0.29) is 0 Å². The fourth-order valence-electron chi connectivity index (χ4n) is 1.48. The molecule has 0 spiro atoms. The largest absolute Gasteiger partial charge is 0.436 e. The molecule has 17 heavy (non-hydrogen) atoms. The summed E-state index contributed by atoms with van der Waals surface area (Å²) in [5.74, 6) is 0. The summed E-state index contributed by atoms with van der Waals surface area (Å²) >= 11 is 0. The lowest BCUT2D eigenvalue weighted by Crippen LogP contribution is -2.40. The molecule has 2 rings (SSSR count). The average Bonchev–Trinajstić information content (AvgIpc) is 2.41. The van der Waals surface area contributed by atoms with Crippen molar-refractivity contribution in [3.63, 3.8) is 0 Å². The summed E-state index contributed by atoms with van der Waals surface area (Å²) in [7, 11) is 0. The molecule has 0 saturated carbocycles. The molecule has 5 nitrogen and oxygen atoms in total. The average molecular weight is 234 g/mol. The first kappa shape index (κ1) is 11.6. The quantitative estimate of drug-likeness (QED) is 0.442. The third kappa shape index (κ3) is 3.57. The number of amides is 1. The van der Waals surface area contributed by atoms with Crippen molar-refractivity contribution in [3.8, 4) is 0 Å². The van der Waals surface area contributed by atoms with Crippen LogP contribution in [0.3, 0.4) is 0 Å². The van der Waals surface area contributed by atoms with Gasteiger partial charge in [-0.3, -0.25) is 4.84 Å². The molecule has 1 aliphatic rings. The zero-order valence-electron chi connectivity index (χ0n) is 9.41. The van der Waals surface area contributed by atoms with Gasteiger partial charge < -0.3 is 9.64 Å². The highest BCUT2D eigenvalue weighted by Gasteiger charge is 2.17. The summed E-state index contributed by atoms with van der Waals surface area (Å²) in [5, 5.41) is 3.66. The fraction of sp³-hybridized carbons (Fsp3) is 0.333. The second-order valence-corrected chi connectivity index (χ2v) is 3.60. The molecule has 0 bridgehead atoms. The van der Waals surface area contributed by atoms with E-state index in [1.54, 1.807) is 4.90 Å². The van der Waals surface area contributed by atoms with E-state index >= 15 is 0 Å². The second kappa shape index (κ2) is 6.00. The van der Waals surface area contributed by atoms with Crippen molar-refractivity contribution in [1.29, 1.82) is 0 Å². The summed E-state index contributed by atoms with van der Waals surface area (Å²) in [5.41, 5.74) is 0.891. The van der Waals surface area contributed by atoms with E-state index < -0.39 is 6.09 Å². The van der Waals surface area contributed by atoms with Crippen LogP contribution in [0.5, 0.6) is 0 Å². The zero-order chi connectivity index (χ0) is 11.9. The third-order valence-corrected chi connectivity index (χ3v) is 2.40. The van der Waals surface area contributed by atoms with Gasteiger partial charge in [0.1, 0.15) is 0 Å². The maximum atomic E-state index is 11.5. The highest BCUT2D eigenvalue weighted by molar-refractivity contribution is 5.79. The van der Waals surface area contributed by atoms with Crippen LogP contribution in [0.4, 0.5) is 4.79 Å². The lowest BCUT2D eigenvalue weighted by atomic mass is 10.2. The Morgan fingerprint density at radius 2 is 2.00 bits per heavy atom. The van der Waals surface area contributed by atoms with Crippen molar-refractivity contribution < 1.29 is 14.4 Å². The minimum Gasteiger partial charge on any atom is -0.378 e. The van der Waals surface area contributed by atoms with E-state index in [0.29, 0.717) is 26.3 Å². The minimum absolute atomic E-state index is 0.430. The Balaban J connectivity index is 1.81. The lowest BCUT2D eigenvalue weighted by Gasteiger charge is -2.24. The van der Waals surface area contributed by atoms with E-state index in [1.165, 1.54) is 6.21 Å². The molecular weight excluding hydrogens is 220 g/mol. The molecule has 1 amide bonds. The van der Waals surface area contributed by atoms with Gasteiger partial charge >= 0.3 is 6.09 Å². The molecule has 0 atom stereocenters. The van der Waals surface area contributed by atoms with Gasteiger partial charge in [-0.05, 0) is 5.56 Å². The molecule has 1 aromatic rings. The smallest absolute Gasteiger partial charge is 0.378 e. The van der Waals surface area contributed by atoms with Crippen molar-refractivity contribution in [2.75, 3.05) is 26.3 Å². The van der Waals surface area contributed by atoms with Crippen LogP contribution >= 0.6 is 0 Å². The van der Waals surface area contributed by atoms with Crippen molar-refractivity contribution in [3.05, 3.63) is 35.9 Å². The van der Waals surface area contributed by atoms with Crippen LogP contribution in [0.25, 0.3) is 0 Å². The Labute approximate surface area is 99.6 Å². The summed E-state index contributed by atoms with van der Waals surface area (Å²) in [6, 6.07) is 9.46. The van der Waals surface area contributed by atoms with E-state index in [0.717, 1.165) is 5.56 Å². The monoisotopic (exact) mass is 234 g/mol. The van der Waals surface area contributed by atoms with Gasteiger partial charge in [0.05, 0.1) is 19.4 Å². The molecule has 0 radical (unpaired) electrons. The molecule has 0 aromatic heterocycles. The van der Waals surface area contributed by atoms with Crippen molar-refractivity contribution in [2.24, 2.45) is 5.16 Å². The molecule has 0 N–H and O–H groups in total. The van der Waals surface area contributed by atoms with Crippen LogP contribution in [-0.2, 0) is 9.57 Å². The predicted octanol–water partition coefficient (Wildman–Crippen LogP) is 1.49. The number of morpholine rings is 1. The Kier molecular flexibility index (Phi) is 4.10. The maximum Gasteiger partial charge on any atom is 0.436 e. The SMILES string of the molecule is O=C(O/N=C/c1ccccc1)N1CCOCC1. The van der Waals surface area contributed by atoms with Crippen molar-refractivity contribution >= 4 is 12.3 Å². The molecular formula is C12H14N2O3. The van der Waals surface area contributed by atoms with E-state index in [4.69, 9.17) is 9.57 Å². The number of ether oxygens (including phenoxy) is 1. The first-order chi connectivity index (χ1) is 8.36. The van der Waals surface area contributed by atoms with Crippen LogP contribution in [0, 0.1) is 0 Å². The van der Waals surface area contributed by atoms with E-state index in [9.17, 15) is 4.79 Å². The Morgan fingerprint density at radius 1 is 1.29 bits per heavy atom. The van der Waals surface area contributed by atoms with Crippen LogP contribution in [0.15, 0.2) is 35.5 Å². The Bertz CT molecular complexity index is 386. The number of hydrogen-bond donors (Lipinski definition) is 0. The zero-order valence-corrected chi connectivity index (χ0v) is 9.41. The van der Waals surface area contributed by atoms with Crippen LogP contribution in [0.2, 0.25) is 0 Å². The van der Waals surface area contributed by atoms with E-state index in [2.05, 4.69) is 5.16 Å². The normalized spacial score (nSPS) is 16.1. The first-order valence-corrected chi connectivity index (χ1v) is 5.48. The summed E-state index contributed by atoms with van der Waals surface area (Å²) in [6.45, 7) is 2.22. The van der Waals surface area contributed by atoms with Gasteiger partial charge in [0.25, 0.3) is 0 Å². The Morgan fingerprint density at radius 3 is 2.71 bits per heavy atom. The first-order valence-electron chi connectivity index (χ1n) is 5.48. The molecule has 1 heterocycles. The lowest BCUT2D eigenvalue weighted by molar-refractivity contribution is 0.0281. The number of benzene rings is 1. The molecule has 0 aliphatic carbocycles. The van der Waals surface area contributed by atoms with Crippen LogP contribution in [0.1, 0.15) is 5.56 Å². The number of carbonyl (C=O) groups excluding carboxylic acids is 1. The highest BCUT2D eigenvalue weighted by atomic mass is 16.7. The van der Waals surface area contributed by atoms with Crippen molar-refractivity contribution in [1.82, 2.24) is 4.90 Å². The molecule has 1 fully saturated rings. The molecule has 90 valence electrons. The fourth-order valence-corrected chi connectivity index (χ4v) is 1.48. The summed E-state index contributed by atoms with van der Waals surface area (Å²) in [6.07, 6.45) is 1.08. The molecule has 0 unspecified atom stereocenters. The number of carbonyl (C=O) groups is 1. The standard InChI is InChI=1S/C12H14N2O3/c15-12(14-6-8-16-9-7-14)17-13-10-11-4-2-1-3-5-11/h1-5,10H,6-9H2/b13-10+. The van der Waals surface area contributed by atoms with Gasteiger partial charge in [0.2, 0.25) is 0 Å². The molecule has 5 heteroatoms. The summed E-state index contributed by atoms with van der Waals surface area (Å²) in [4.78, 5) is 17.9. The third-order valence-electron chi connectivity index (χ3n) is 2.40. The van der Waals surface area contributed by atoms with Gasteiger partial charge in [0.15, 0.2) is 0 Å². The number of rotatable bonds is 2. The van der Waals surface area contributed by atoms with Gasteiger partial charge in [-0.2, -0.15) is 0 Å². The predicted molar refractivity (Wildman–Crippen MR) is 62.9 cm³/mol. The highest BCUT2D eigenvalue weighted by Crippen LogP contribution is 2.00. The Hall–Kier alpha value is -1.88. The maximum absolute atomic E-state index is 11.5. The van der Waals surface area contributed by atoms with Crippen LogP contribution in [-0.4, -0.2) is 43.5 Å². The number of hydrogen-bond acceptors (Lipinski definition) is 4. The van der Waals surface area contributed by atoms with Gasteiger partial charge in [-0.25, -0.2) is 4.79 Å². The minimum atomic E-state index is -0.430. The van der Waals surface area contributed by atoms with Gasteiger partial charge in [0, 0.05) is 13.1 Å². The van der Waals surface area contributed by atoms with E-state index in [1.807, 2.05) is 30.3 Å². The van der Waals surface area contributed by atoms with Gasteiger partial charge in [-0.1, -0.05) is 35.5 Å². The van der Waals surface area contributed by atoms with Crippen molar-refractivity contribution in [2.45, 2.75) is 0 Å². The van der Waals surface area contributed by atoms with Crippen LogP contribution < -0.4 is 0 Å². The molecule has 1 aliphatic heterocycles. The van der Waals surface area contributed by atoms with Gasteiger partial charge in [-0.15, -0.1) is 0 Å². The second-order valence-electron chi connectivity index (χ2n) is 3.60. The topological polar surface area (TPSA) is 51.1 Å². The molecule has 1 saturated heterocycles.